The molecule has 5 rings (SSSR count). The normalized spacial score (nSPS) is 11.4. The topological polar surface area (TPSA) is 89.9 Å². The van der Waals surface area contributed by atoms with Crippen LogP contribution in [0.1, 0.15) is 23.2 Å². The number of ether oxygens (including phenoxy) is 1. The largest absolute Gasteiger partial charge is 0.494 e. The quantitative estimate of drug-likeness (QED) is 0.266. The van der Waals surface area contributed by atoms with Gasteiger partial charge in [-0.25, -0.2) is 9.97 Å². The summed E-state index contributed by atoms with van der Waals surface area (Å²) in [6.45, 7) is 6.42. The van der Waals surface area contributed by atoms with Crippen LogP contribution >= 0.6 is 23.1 Å². The predicted octanol–water partition coefficient (Wildman–Crippen LogP) is 4.99. The van der Waals surface area contributed by atoms with Gasteiger partial charge in [0, 0.05) is 4.88 Å². The number of rotatable bonds is 6. The zero-order valence-electron chi connectivity index (χ0n) is 18.9. The smallest absolute Gasteiger partial charge is 0.266 e. The lowest BCUT2D eigenvalue weighted by Gasteiger charge is -2.13. The Labute approximate surface area is 203 Å². The van der Waals surface area contributed by atoms with Crippen LogP contribution in [-0.2, 0) is 5.75 Å². The van der Waals surface area contributed by atoms with Crippen molar-refractivity contribution in [3.05, 3.63) is 85.5 Å². The summed E-state index contributed by atoms with van der Waals surface area (Å²) in [7, 11) is 0. The van der Waals surface area contributed by atoms with E-state index in [1.165, 1.54) is 23.1 Å². The summed E-state index contributed by atoms with van der Waals surface area (Å²) in [4.78, 5) is 40.2. The van der Waals surface area contributed by atoms with Gasteiger partial charge >= 0.3 is 0 Å². The molecule has 0 saturated heterocycles. The van der Waals surface area contributed by atoms with E-state index in [2.05, 4.69) is 9.97 Å². The van der Waals surface area contributed by atoms with Gasteiger partial charge in [0.2, 0.25) is 0 Å². The number of benzene rings is 2. The van der Waals surface area contributed by atoms with Crippen molar-refractivity contribution in [2.24, 2.45) is 0 Å². The van der Waals surface area contributed by atoms with Crippen LogP contribution < -0.4 is 15.9 Å². The molecule has 2 aromatic carbocycles. The SMILES string of the molecule is CCOc1ccc(-n2c(SCc3nc4sc(C)c(C)c4c(=O)[nH]3)nc3ccccc3c2=O)cc1. The molecule has 34 heavy (non-hydrogen) atoms. The molecular weight excluding hydrogens is 468 g/mol. The predicted molar refractivity (Wildman–Crippen MR) is 138 cm³/mol. The second-order valence-corrected chi connectivity index (χ2v) is 9.89. The molecule has 172 valence electrons. The molecule has 0 bridgehead atoms. The minimum absolute atomic E-state index is 0.141. The van der Waals surface area contributed by atoms with Crippen molar-refractivity contribution >= 4 is 44.2 Å². The van der Waals surface area contributed by atoms with Crippen molar-refractivity contribution in [3.63, 3.8) is 0 Å². The Kier molecular flexibility index (Phi) is 5.97. The number of hydrogen-bond acceptors (Lipinski definition) is 7. The van der Waals surface area contributed by atoms with Crippen molar-refractivity contribution in [1.29, 1.82) is 0 Å². The number of nitrogens with zero attached hydrogens (tertiary/aromatic N) is 3. The molecule has 5 aromatic rings. The van der Waals surface area contributed by atoms with Crippen molar-refractivity contribution in [3.8, 4) is 11.4 Å². The molecule has 0 radical (unpaired) electrons. The van der Waals surface area contributed by atoms with E-state index in [4.69, 9.17) is 9.72 Å². The minimum atomic E-state index is -0.154. The van der Waals surface area contributed by atoms with E-state index in [0.717, 1.165) is 21.0 Å². The molecular formula is C25H22N4O3S2. The highest BCUT2D eigenvalue weighted by Crippen LogP contribution is 2.28. The highest BCUT2D eigenvalue weighted by Gasteiger charge is 2.16. The lowest BCUT2D eigenvalue weighted by atomic mass is 10.2. The summed E-state index contributed by atoms with van der Waals surface area (Å²) in [5, 5.41) is 1.71. The Balaban J connectivity index is 1.57. The number of aromatic amines is 1. The van der Waals surface area contributed by atoms with E-state index in [1.54, 1.807) is 10.6 Å². The van der Waals surface area contributed by atoms with Gasteiger partial charge in [0.1, 0.15) is 16.4 Å². The van der Waals surface area contributed by atoms with E-state index >= 15 is 0 Å². The number of thiophene rings is 1. The van der Waals surface area contributed by atoms with Crippen molar-refractivity contribution < 1.29 is 4.74 Å². The van der Waals surface area contributed by atoms with Crippen LogP contribution in [-0.4, -0.2) is 26.1 Å². The average molecular weight is 491 g/mol. The van der Waals surface area contributed by atoms with E-state index in [0.29, 0.717) is 45.3 Å². The number of hydrogen-bond donors (Lipinski definition) is 1. The van der Waals surface area contributed by atoms with Gasteiger partial charge in [-0.3, -0.25) is 14.2 Å². The number of fused-ring (bicyclic) bond motifs is 2. The standard InChI is InChI=1S/C25H22N4O3S2/c1-4-32-17-11-9-16(10-12-17)29-24(31)18-7-5-6-8-19(18)26-25(29)33-13-20-27-22(30)21-14(2)15(3)34-23(21)28-20/h5-12H,4,13H2,1-3H3,(H,27,28,30). The molecule has 0 amide bonds. The summed E-state index contributed by atoms with van der Waals surface area (Å²) >= 11 is 2.87. The molecule has 1 N–H and O–H groups in total. The molecule has 3 aromatic heterocycles. The summed E-state index contributed by atoms with van der Waals surface area (Å²) in [6.07, 6.45) is 0. The number of aryl methyl sites for hydroxylation is 2. The van der Waals surface area contributed by atoms with E-state index < -0.39 is 0 Å². The van der Waals surface area contributed by atoms with E-state index in [9.17, 15) is 9.59 Å². The fourth-order valence-corrected chi connectivity index (χ4v) is 5.73. The molecule has 0 atom stereocenters. The second kappa shape index (κ2) is 9.08. The van der Waals surface area contributed by atoms with Crippen LogP contribution in [0.4, 0.5) is 0 Å². The number of nitrogens with one attached hydrogen (secondary N) is 1. The monoisotopic (exact) mass is 490 g/mol. The minimum Gasteiger partial charge on any atom is -0.494 e. The summed E-state index contributed by atoms with van der Waals surface area (Å²) in [5.41, 5.74) is 1.99. The number of aromatic nitrogens is 4. The highest BCUT2D eigenvalue weighted by molar-refractivity contribution is 7.98. The number of para-hydroxylation sites is 1. The maximum Gasteiger partial charge on any atom is 0.266 e. The van der Waals surface area contributed by atoms with E-state index in [-0.39, 0.29) is 11.1 Å². The first kappa shape index (κ1) is 22.4. The lowest BCUT2D eigenvalue weighted by molar-refractivity contribution is 0.340. The first-order valence-electron chi connectivity index (χ1n) is 10.8. The van der Waals surface area contributed by atoms with Gasteiger partial charge in [0.15, 0.2) is 5.16 Å². The van der Waals surface area contributed by atoms with Crippen LogP contribution in [0.15, 0.2) is 63.3 Å². The Bertz CT molecular complexity index is 1640. The van der Waals surface area contributed by atoms with Gasteiger partial charge in [-0.05, 0) is 62.7 Å². The molecule has 0 saturated carbocycles. The third-order valence-electron chi connectivity index (χ3n) is 5.58. The molecule has 0 unspecified atom stereocenters. The zero-order chi connectivity index (χ0) is 23.8. The molecule has 9 heteroatoms. The van der Waals surface area contributed by atoms with Crippen LogP contribution in [0, 0.1) is 13.8 Å². The van der Waals surface area contributed by atoms with Crippen LogP contribution in [0.25, 0.3) is 26.8 Å². The summed E-state index contributed by atoms with van der Waals surface area (Å²) < 4.78 is 7.14. The molecule has 7 nitrogen and oxygen atoms in total. The van der Waals surface area contributed by atoms with E-state index in [1.807, 2.05) is 63.2 Å². The number of H-pyrrole nitrogens is 1. The maximum atomic E-state index is 13.4. The van der Waals surface area contributed by atoms with Gasteiger partial charge in [-0.2, -0.15) is 0 Å². The van der Waals surface area contributed by atoms with Gasteiger partial charge in [0.25, 0.3) is 11.1 Å². The Morgan fingerprint density at radius 2 is 1.82 bits per heavy atom. The molecule has 0 aliphatic rings. The molecule has 0 fully saturated rings. The summed E-state index contributed by atoms with van der Waals surface area (Å²) in [5.74, 6) is 1.64. The van der Waals surface area contributed by atoms with Crippen LogP contribution in [0.3, 0.4) is 0 Å². The Morgan fingerprint density at radius 3 is 2.59 bits per heavy atom. The third kappa shape index (κ3) is 4.01. The van der Waals surface area contributed by atoms with Gasteiger partial charge in [0.05, 0.1) is 34.3 Å². The van der Waals surface area contributed by atoms with Crippen molar-refractivity contribution in [2.75, 3.05) is 6.61 Å². The second-order valence-electron chi connectivity index (χ2n) is 7.74. The maximum absolute atomic E-state index is 13.4. The lowest BCUT2D eigenvalue weighted by Crippen LogP contribution is -2.22. The molecule has 0 aliphatic heterocycles. The van der Waals surface area contributed by atoms with Gasteiger partial charge in [-0.15, -0.1) is 11.3 Å². The fourth-order valence-electron chi connectivity index (χ4n) is 3.80. The first-order chi connectivity index (χ1) is 16.5. The zero-order valence-corrected chi connectivity index (χ0v) is 20.5. The van der Waals surface area contributed by atoms with Crippen LogP contribution in [0.2, 0.25) is 0 Å². The fraction of sp³-hybridized carbons (Fsp3) is 0.200. The highest BCUT2D eigenvalue weighted by atomic mass is 32.2. The molecule has 3 heterocycles. The summed E-state index contributed by atoms with van der Waals surface area (Å²) in [6, 6.07) is 14.7. The average Bonchev–Trinajstić information content (AvgIpc) is 3.12. The van der Waals surface area contributed by atoms with Crippen LogP contribution in [0.5, 0.6) is 5.75 Å². The van der Waals surface area contributed by atoms with Crippen molar-refractivity contribution in [1.82, 2.24) is 19.5 Å². The van der Waals surface area contributed by atoms with Gasteiger partial charge < -0.3 is 9.72 Å². The number of thioether (sulfide) groups is 1. The molecule has 0 aliphatic carbocycles. The van der Waals surface area contributed by atoms with Gasteiger partial charge in [-0.1, -0.05) is 23.9 Å². The Morgan fingerprint density at radius 1 is 1.06 bits per heavy atom. The Hall–Kier alpha value is -3.43. The van der Waals surface area contributed by atoms with Crippen molar-refractivity contribution in [2.45, 2.75) is 31.7 Å². The third-order valence-corrected chi connectivity index (χ3v) is 7.63. The molecule has 0 spiro atoms. The first-order valence-corrected chi connectivity index (χ1v) is 12.6.